The predicted molar refractivity (Wildman–Crippen MR) is 69.9 cm³/mol. The highest BCUT2D eigenvalue weighted by Crippen LogP contribution is 2.46. The fraction of sp³-hybridized carbons (Fsp3) is 0.929. The van der Waals surface area contributed by atoms with Gasteiger partial charge in [0.1, 0.15) is 0 Å². The van der Waals surface area contributed by atoms with Gasteiger partial charge >= 0.3 is 0 Å². The number of hydrogen-bond acceptors (Lipinski definition) is 4. The molecule has 4 heteroatoms. The van der Waals surface area contributed by atoms with Crippen molar-refractivity contribution in [1.29, 1.82) is 0 Å². The first-order chi connectivity index (χ1) is 8.85. The van der Waals surface area contributed by atoms with Crippen molar-refractivity contribution in [3.63, 3.8) is 0 Å². The van der Waals surface area contributed by atoms with E-state index in [1.807, 2.05) is 0 Å². The molecular weight excluding hydrogens is 228 g/mol. The van der Waals surface area contributed by atoms with Gasteiger partial charge in [0.15, 0.2) is 0 Å². The highest BCUT2D eigenvalue weighted by molar-refractivity contribution is 5.94. The number of rotatable bonds is 3. The van der Waals surface area contributed by atoms with Gasteiger partial charge in [-0.1, -0.05) is 11.6 Å². The van der Waals surface area contributed by atoms with Crippen LogP contribution in [0.4, 0.5) is 0 Å². The lowest BCUT2D eigenvalue weighted by molar-refractivity contribution is 0.0795. The molecule has 18 heavy (non-hydrogen) atoms. The lowest BCUT2D eigenvalue weighted by atomic mass is 9.88. The standard InChI is InChI=1S/C14H24N2O2/c17-8-6-12-3-1-2-7-16(12)14-11-5-4-10(9-11)13(14)15-18/h10-12,14,17-18H,1-9H2/b15-13-/t10-,11-,12-,14+/m0/s1. The van der Waals surface area contributed by atoms with Crippen LogP contribution in [0.25, 0.3) is 0 Å². The van der Waals surface area contributed by atoms with E-state index in [1.165, 1.54) is 38.5 Å². The van der Waals surface area contributed by atoms with Crippen LogP contribution in [0.1, 0.15) is 44.9 Å². The molecule has 1 saturated heterocycles. The molecular formula is C14H24N2O2. The van der Waals surface area contributed by atoms with Crippen LogP contribution < -0.4 is 0 Å². The zero-order valence-electron chi connectivity index (χ0n) is 11.0. The van der Waals surface area contributed by atoms with E-state index in [4.69, 9.17) is 0 Å². The second-order valence-corrected chi connectivity index (χ2v) is 6.14. The Morgan fingerprint density at radius 2 is 2.11 bits per heavy atom. The Morgan fingerprint density at radius 3 is 2.89 bits per heavy atom. The van der Waals surface area contributed by atoms with Gasteiger partial charge in [-0.25, -0.2) is 0 Å². The molecule has 0 aromatic heterocycles. The third kappa shape index (κ3) is 1.95. The number of aliphatic hydroxyl groups excluding tert-OH is 1. The van der Waals surface area contributed by atoms with Crippen LogP contribution in [0.15, 0.2) is 5.16 Å². The number of piperidine rings is 1. The molecule has 2 bridgehead atoms. The largest absolute Gasteiger partial charge is 0.411 e. The molecule has 0 aromatic rings. The van der Waals surface area contributed by atoms with Gasteiger partial charge in [0.2, 0.25) is 0 Å². The molecule has 2 aliphatic carbocycles. The van der Waals surface area contributed by atoms with Crippen LogP contribution in [0, 0.1) is 11.8 Å². The Bertz CT molecular complexity index is 330. The molecule has 3 fully saturated rings. The van der Waals surface area contributed by atoms with Crippen molar-refractivity contribution in [1.82, 2.24) is 4.90 Å². The average molecular weight is 252 g/mol. The summed E-state index contributed by atoms with van der Waals surface area (Å²) in [4.78, 5) is 2.54. The highest BCUT2D eigenvalue weighted by Gasteiger charge is 2.49. The molecule has 0 unspecified atom stereocenters. The molecule has 1 heterocycles. The first kappa shape index (κ1) is 12.4. The Kier molecular flexibility index (Phi) is 3.57. The van der Waals surface area contributed by atoms with Crippen molar-refractivity contribution in [3.8, 4) is 0 Å². The van der Waals surface area contributed by atoms with E-state index in [0.717, 1.165) is 18.7 Å². The smallest absolute Gasteiger partial charge is 0.0775 e. The van der Waals surface area contributed by atoms with Crippen LogP contribution in [0.3, 0.4) is 0 Å². The fourth-order valence-electron chi connectivity index (χ4n) is 4.48. The SMILES string of the molecule is OCC[C@@H]1CCCCN1[C@H]1/C(=N\O)[C@H]2CC[C@H]1C2. The molecule has 1 aliphatic heterocycles. The molecule has 4 atom stereocenters. The lowest BCUT2D eigenvalue weighted by Gasteiger charge is -2.43. The Labute approximate surface area is 109 Å². The monoisotopic (exact) mass is 252 g/mol. The quantitative estimate of drug-likeness (QED) is 0.595. The van der Waals surface area contributed by atoms with Crippen LogP contribution >= 0.6 is 0 Å². The summed E-state index contributed by atoms with van der Waals surface area (Å²) in [5, 5.41) is 22.2. The van der Waals surface area contributed by atoms with E-state index in [-0.39, 0.29) is 6.61 Å². The first-order valence-corrected chi connectivity index (χ1v) is 7.43. The summed E-state index contributed by atoms with van der Waals surface area (Å²) in [7, 11) is 0. The summed E-state index contributed by atoms with van der Waals surface area (Å²) < 4.78 is 0. The van der Waals surface area contributed by atoms with Crippen LogP contribution in [-0.4, -0.2) is 46.2 Å². The third-order valence-electron chi connectivity index (χ3n) is 5.25. The second-order valence-electron chi connectivity index (χ2n) is 6.14. The maximum Gasteiger partial charge on any atom is 0.0775 e. The van der Waals surface area contributed by atoms with Crippen molar-refractivity contribution in [2.45, 2.75) is 57.0 Å². The van der Waals surface area contributed by atoms with Crippen LogP contribution in [-0.2, 0) is 0 Å². The zero-order chi connectivity index (χ0) is 12.5. The maximum absolute atomic E-state index is 9.32. The summed E-state index contributed by atoms with van der Waals surface area (Å²) in [6.45, 7) is 1.38. The molecule has 102 valence electrons. The van der Waals surface area contributed by atoms with E-state index in [1.54, 1.807) is 0 Å². The zero-order valence-corrected chi connectivity index (χ0v) is 11.0. The van der Waals surface area contributed by atoms with Gasteiger partial charge in [-0.15, -0.1) is 0 Å². The van der Waals surface area contributed by atoms with Gasteiger partial charge in [-0.2, -0.15) is 0 Å². The van der Waals surface area contributed by atoms with Crippen molar-refractivity contribution >= 4 is 5.71 Å². The minimum Gasteiger partial charge on any atom is -0.411 e. The molecule has 2 N–H and O–H groups in total. The Morgan fingerprint density at radius 1 is 1.22 bits per heavy atom. The number of likely N-dealkylation sites (tertiary alicyclic amines) is 1. The normalized spacial score (nSPS) is 42.8. The summed E-state index contributed by atoms with van der Waals surface area (Å²) in [5.74, 6) is 1.22. The molecule has 2 saturated carbocycles. The van der Waals surface area contributed by atoms with Gasteiger partial charge in [0.05, 0.1) is 11.8 Å². The van der Waals surface area contributed by atoms with E-state index in [2.05, 4.69) is 10.1 Å². The van der Waals surface area contributed by atoms with Crippen molar-refractivity contribution in [2.75, 3.05) is 13.2 Å². The maximum atomic E-state index is 9.32. The molecule has 3 aliphatic rings. The molecule has 0 amide bonds. The summed E-state index contributed by atoms with van der Waals surface area (Å²) >= 11 is 0. The number of nitrogens with zero attached hydrogens (tertiary/aromatic N) is 2. The minimum absolute atomic E-state index is 0.271. The van der Waals surface area contributed by atoms with Crippen molar-refractivity contribution in [2.24, 2.45) is 17.0 Å². The van der Waals surface area contributed by atoms with Crippen LogP contribution in [0.2, 0.25) is 0 Å². The summed E-state index contributed by atoms with van der Waals surface area (Å²) in [5.41, 5.74) is 1.04. The number of aliphatic hydroxyl groups is 1. The third-order valence-corrected chi connectivity index (χ3v) is 5.25. The van der Waals surface area contributed by atoms with Gasteiger partial charge in [-0.3, -0.25) is 4.90 Å². The molecule has 3 rings (SSSR count). The minimum atomic E-state index is 0.271. The second kappa shape index (κ2) is 5.17. The molecule has 4 nitrogen and oxygen atoms in total. The van der Waals surface area contributed by atoms with Gasteiger partial charge < -0.3 is 10.3 Å². The predicted octanol–water partition coefficient (Wildman–Crippen LogP) is 1.85. The van der Waals surface area contributed by atoms with Gasteiger partial charge in [-0.05, 0) is 51.0 Å². The highest BCUT2D eigenvalue weighted by atomic mass is 16.4. The molecule has 0 aromatic carbocycles. The van der Waals surface area contributed by atoms with Gasteiger partial charge in [0.25, 0.3) is 0 Å². The summed E-state index contributed by atoms with van der Waals surface area (Å²) in [6, 6.07) is 0.857. The van der Waals surface area contributed by atoms with Crippen molar-refractivity contribution < 1.29 is 10.3 Å². The molecule has 0 spiro atoms. The van der Waals surface area contributed by atoms with Crippen molar-refractivity contribution in [3.05, 3.63) is 0 Å². The topological polar surface area (TPSA) is 56.1 Å². The van der Waals surface area contributed by atoms with E-state index in [0.29, 0.717) is 23.9 Å². The lowest BCUT2D eigenvalue weighted by Crippen LogP contribution is -2.52. The Hall–Kier alpha value is -0.610. The summed E-state index contributed by atoms with van der Waals surface area (Å²) in [6.07, 6.45) is 8.28. The molecule has 0 radical (unpaired) electrons. The number of fused-ring (bicyclic) bond motifs is 2. The van der Waals surface area contributed by atoms with Gasteiger partial charge in [0, 0.05) is 18.6 Å². The number of hydrogen-bond donors (Lipinski definition) is 2. The average Bonchev–Trinajstić information content (AvgIpc) is 2.99. The van der Waals surface area contributed by atoms with Crippen LogP contribution in [0.5, 0.6) is 0 Å². The van der Waals surface area contributed by atoms with E-state index in [9.17, 15) is 10.3 Å². The first-order valence-electron chi connectivity index (χ1n) is 7.43. The van der Waals surface area contributed by atoms with E-state index >= 15 is 0 Å². The van der Waals surface area contributed by atoms with E-state index < -0.39 is 0 Å². The number of oxime groups is 1. The fourth-order valence-corrected chi connectivity index (χ4v) is 4.48. The Balaban J connectivity index is 1.79.